The Morgan fingerprint density at radius 1 is 1.24 bits per heavy atom. The summed E-state index contributed by atoms with van der Waals surface area (Å²) in [5.41, 5.74) is -1.73. The number of hydrogen-bond donors (Lipinski definition) is 2. The zero-order valence-corrected chi connectivity index (χ0v) is 20.2. The lowest BCUT2D eigenvalue weighted by molar-refractivity contribution is -0.101. The van der Waals surface area contributed by atoms with E-state index in [1.165, 1.54) is 23.1 Å². The largest absolute Gasteiger partial charge is 0.385 e. The van der Waals surface area contributed by atoms with Gasteiger partial charge in [0.25, 0.3) is 5.91 Å². The number of aliphatic hydroxyl groups is 1. The summed E-state index contributed by atoms with van der Waals surface area (Å²) in [7, 11) is 1.64. The Bertz CT molecular complexity index is 1050. The van der Waals surface area contributed by atoms with Crippen LogP contribution in [-0.4, -0.2) is 72.4 Å². The van der Waals surface area contributed by atoms with Crippen LogP contribution in [0.3, 0.4) is 0 Å². The van der Waals surface area contributed by atoms with Crippen LogP contribution >= 0.6 is 22.6 Å². The summed E-state index contributed by atoms with van der Waals surface area (Å²) in [5, 5.41) is 13.4. The van der Waals surface area contributed by atoms with Crippen molar-refractivity contribution >= 4 is 39.9 Å². The van der Waals surface area contributed by atoms with Crippen molar-refractivity contribution in [2.75, 3.05) is 45.2 Å². The predicted octanol–water partition coefficient (Wildman–Crippen LogP) is 3.75. The van der Waals surface area contributed by atoms with Gasteiger partial charge in [-0.2, -0.15) is 0 Å². The van der Waals surface area contributed by atoms with Crippen molar-refractivity contribution in [2.24, 2.45) is 0 Å². The molecule has 2 aliphatic rings. The van der Waals surface area contributed by atoms with E-state index in [0.29, 0.717) is 16.7 Å². The van der Waals surface area contributed by atoms with E-state index in [4.69, 9.17) is 4.74 Å². The van der Waals surface area contributed by atoms with E-state index >= 15 is 0 Å². The Balaban J connectivity index is 1.49. The van der Waals surface area contributed by atoms with E-state index in [9.17, 15) is 23.1 Å². The predicted molar refractivity (Wildman–Crippen MR) is 126 cm³/mol. The summed E-state index contributed by atoms with van der Waals surface area (Å²) in [4.78, 5) is 16.6. The number of hydrogen-bond acceptors (Lipinski definition) is 5. The Kier molecular flexibility index (Phi) is 7.18. The first kappa shape index (κ1) is 24.2. The summed E-state index contributed by atoms with van der Waals surface area (Å²) < 4.78 is 48.8. The number of carbonyl (C=O) groups is 1. The molecule has 2 aromatic rings. The first-order valence-corrected chi connectivity index (χ1v) is 11.7. The molecule has 4 rings (SSSR count). The first-order chi connectivity index (χ1) is 15.7. The van der Waals surface area contributed by atoms with Crippen LogP contribution in [0.15, 0.2) is 30.3 Å². The second-order valence-electron chi connectivity index (χ2n) is 8.64. The highest BCUT2D eigenvalue weighted by atomic mass is 127. The van der Waals surface area contributed by atoms with E-state index in [-0.39, 0.29) is 30.4 Å². The first-order valence-electron chi connectivity index (χ1n) is 10.7. The topological polar surface area (TPSA) is 65.0 Å². The quantitative estimate of drug-likeness (QED) is 0.493. The van der Waals surface area contributed by atoms with Gasteiger partial charge in [0.2, 0.25) is 0 Å². The third-order valence-electron chi connectivity index (χ3n) is 6.13. The van der Waals surface area contributed by atoms with Gasteiger partial charge in [0.15, 0.2) is 11.6 Å². The highest BCUT2D eigenvalue weighted by Gasteiger charge is 2.46. The smallest absolute Gasteiger partial charge is 0.256 e. The summed E-state index contributed by atoms with van der Waals surface area (Å²) in [5.74, 6) is -3.65. The van der Waals surface area contributed by atoms with Crippen molar-refractivity contribution < 1.29 is 27.8 Å². The molecule has 2 aliphatic heterocycles. The van der Waals surface area contributed by atoms with Crippen LogP contribution in [0, 0.1) is 21.0 Å². The fourth-order valence-corrected chi connectivity index (χ4v) is 4.97. The normalized spacial score (nSPS) is 20.1. The van der Waals surface area contributed by atoms with Gasteiger partial charge in [0.05, 0.1) is 36.6 Å². The van der Waals surface area contributed by atoms with Crippen LogP contribution in [0.2, 0.25) is 0 Å². The number of nitrogens with zero attached hydrogens (tertiary/aromatic N) is 2. The number of nitrogens with one attached hydrogen (secondary N) is 1. The molecule has 6 nitrogen and oxygen atoms in total. The van der Waals surface area contributed by atoms with Gasteiger partial charge in [-0.15, -0.1) is 0 Å². The van der Waals surface area contributed by atoms with Crippen molar-refractivity contribution in [1.29, 1.82) is 0 Å². The number of halogens is 4. The Morgan fingerprint density at radius 2 is 2.00 bits per heavy atom. The second-order valence-corrected chi connectivity index (χ2v) is 9.89. The molecule has 0 aromatic heterocycles. The molecule has 0 saturated carbocycles. The van der Waals surface area contributed by atoms with E-state index < -0.39 is 34.6 Å². The Labute approximate surface area is 203 Å². The molecule has 33 heavy (non-hydrogen) atoms. The maximum Gasteiger partial charge on any atom is 0.256 e. The maximum atomic E-state index is 14.6. The van der Waals surface area contributed by atoms with E-state index in [0.717, 1.165) is 25.5 Å². The molecule has 0 spiro atoms. The molecule has 0 aliphatic carbocycles. The second kappa shape index (κ2) is 9.77. The highest BCUT2D eigenvalue weighted by molar-refractivity contribution is 14.1. The molecular weight excluding hydrogens is 550 g/mol. The van der Waals surface area contributed by atoms with Gasteiger partial charge in [-0.1, -0.05) is 0 Å². The molecule has 2 heterocycles. The number of rotatable bonds is 7. The average molecular weight is 575 g/mol. The number of amides is 1. The highest BCUT2D eigenvalue weighted by Crippen LogP contribution is 2.33. The van der Waals surface area contributed by atoms with Crippen LogP contribution in [0.4, 0.5) is 24.5 Å². The minimum absolute atomic E-state index is 0.0678. The van der Waals surface area contributed by atoms with E-state index in [1.54, 1.807) is 13.2 Å². The van der Waals surface area contributed by atoms with Gasteiger partial charge in [-0.25, -0.2) is 13.2 Å². The molecule has 0 radical (unpaired) electrons. The lowest BCUT2D eigenvalue weighted by Crippen LogP contribution is -2.68. The van der Waals surface area contributed by atoms with Gasteiger partial charge in [-0.3, -0.25) is 9.69 Å². The minimum Gasteiger partial charge on any atom is -0.385 e. The molecule has 1 amide bonds. The van der Waals surface area contributed by atoms with Crippen molar-refractivity contribution in [2.45, 2.75) is 24.5 Å². The Hall–Kier alpha value is -1.89. The fourth-order valence-electron chi connectivity index (χ4n) is 4.52. The van der Waals surface area contributed by atoms with Crippen LogP contribution in [0.5, 0.6) is 0 Å². The van der Waals surface area contributed by atoms with Crippen LogP contribution in [-0.2, 0) is 4.74 Å². The van der Waals surface area contributed by atoms with Gasteiger partial charge in [0.1, 0.15) is 11.4 Å². The number of likely N-dealkylation sites (tertiary alicyclic amines) is 2. The molecule has 2 fully saturated rings. The van der Waals surface area contributed by atoms with Crippen molar-refractivity contribution in [1.82, 2.24) is 9.80 Å². The molecule has 2 aromatic carbocycles. The maximum absolute atomic E-state index is 14.6. The molecule has 0 unspecified atom stereocenters. The van der Waals surface area contributed by atoms with Gasteiger partial charge >= 0.3 is 0 Å². The minimum atomic E-state index is -1.27. The van der Waals surface area contributed by atoms with Gasteiger partial charge < -0.3 is 20.1 Å². The molecule has 1 atom stereocenters. The Morgan fingerprint density at radius 3 is 2.70 bits per heavy atom. The van der Waals surface area contributed by atoms with Gasteiger partial charge in [0, 0.05) is 23.3 Å². The molecule has 2 N–H and O–H groups in total. The number of ether oxygens (including phenoxy) is 1. The standard InChI is InChI=1S/C23H25F3IN3O3/c1-33-10-15-3-2-8-29(15)11-23(32)12-30(13-23)22(31)16-5-6-17(24)20(26)21(16)28-19-7-4-14(27)9-18(19)25/h4-7,9,15,28,32H,2-3,8,10-13H2,1H3/t15-/m0/s1. The van der Waals surface area contributed by atoms with Crippen LogP contribution < -0.4 is 5.32 Å². The lowest BCUT2D eigenvalue weighted by Gasteiger charge is -2.48. The average Bonchev–Trinajstić information content (AvgIpc) is 3.17. The van der Waals surface area contributed by atoms with Crippen molar-refractivity contribution in [3.63, 3.8) is 0 Å². The molecule has 2 saturated heterocycles. The number of methoxy groups -OCH3 is 1. The molecule has 10 heteroatoms. The molecule has 178 valence electrons. The van der Waals surface area contributed by atoms with Crippen molar-refractivity contribution in [3.8, 4) is 0 Å². The third kappa shape index (κ3) is 5.13. The van der Waals surface area contributed by atoms with Crippen LogP contribution in [0.25, 0.3) is 0 Å². The SMILES string of the molecule is COC[C@@H]1CCCN1CC1(O)CN(C(=O)c2ccc(F)c(F)c2Nc2ccc(I)cc2F)C1. The zero-order chi connectivity index (χ0) is 23.8. The van der Waals surface area contributed by atoms with Crippen molar-refractivity contribution in [3.05, 3.63) is 56.9 Å². The molecular formula is C23H25F3IN3O3. The number of carbonyl (C=O) groups excluding carboxylic acids is 1. The third-order valence-corrected chi connectivity index (χ3v) is 6.80. The van der Waals surface area contributed by atoms with Gasteiger partial charge in [-0.05, 0) is 72.3 Å². The van der Waals surface area contributed by atoms with E-state index in [1.807, 2.05) is 22.6 Å². The zero-order valence-electron chi connectivity index (χ0n) is 18.1. The monoisotopic (exact) mass is 575 g/mol. The molecule has 0 bridgehead atoms. The lowest BCUT2D eigenvalue weighted by atomic mass is 9.92. The summed E-state index contributed by atoms with van der Waals surface area (Å²) in [6, 6.07) is 6.50. The van der Waals surface area contributed by atoms with Crippen LogP contribution in [0.1, 0.15) is 23.2 Å². The number of β-amino-alcohol motifs (C(OH)–C–C–N with tert-alkyl or cyclic N) is 1. The fraction of sp³-hybridized carbons (Fsp3) is 0.435. The summed E-state index contributed by atoms with van der Waals surface area (Å²) in [6.45, 7) is 1.97. The summed E-state index contributed by atoms with van der Waals surface area (Å²) >= 11 is 1.93. The number of benzene rings is 2. The number of anilines is 2. The van der Waals surface area contributed by atoms with E-state index in [2.05, 4.69) is 10.2 Å². The summed E-state index contributed by atoms with van der Waals surface area (Å²) in [6.07, 6.45) is 2.01.